The Bertz CT molecular complexity index is 299. The Balaban J connectivity index is 2.21. The molecule has 4 atom stereocenters. The molecule has 0 aromatic heterocycles. The van der Waals surface area contributed by atoms with Crippen molar-refractivity contribution in [2.24, 2.45) is 0 Å². The first kappa shape index (κ1) is 13.0. The fraction of sp³-hybridized carbons (Fsp3) is 0.833. The standard InChI is InChI=1S/C12H22N2O3/c1-3-6-13(2)12(17)5-8-14-7-4-9(15)10(16)11(12)14/h3,9-11,15-17H,1,4-8H2,2H3. The summed E-state index contributed by atoms with van der Waals surface area (Å²) in [6.07, 6.45) is 1.26. The first-order valence-electron chi connectivity index (χ1n) is 6.15. The minimum absolute atomic E-state index is 0.406. The van der Waals surface area contributed by atoms with Gasteiger partial charge in [0.15, 0.2) is 0 Å². The zero-order chi connectivity index (χ0) is 12.6. The summed E-state index contributed by atoms with van der Waals surface area (Å²) < 4.78 is 0. The maximum atomic E-state index is 10.7. The molecule has 98 valence electrons. The third-order valence-corrected chi connectivity index (χ3v) is 4.13. The van der Waals surface area contributed by atoms with Gasteiger partial charge in [-0.05, 0) is 13.5 Å². The van der Waals surface area contributed by atoms with E-state index in [1.54, 1.807) is 11.0 Å². The second-order valence-electron chi connectivity index (χ2n) is 5.13. The van der Waals surface area contributed by atoms with Crippen molar-refractivity contribution < 1.29 is 15.3 Å². The van der Waals surface area contributed by atoms with Crippen LogP contribution in [0.25, 0.3) is 0 Å². The molecule has 0 spiro atoms. The number of likely N-dealkylation sites (N-methyl/N-ethyl adjacent to an activating group) is 1. The van der Waals surface area contributed by atoms with E-state index in [1.165, 1.54) is 0 Å². The average Bonchev–Trinajstić information content (AvgIpc) is 2.64. The van der Waals surface area contributed by atoms with Gasteiger partial charge in [-0.3, -0.25) is 9.80 Å². The lowest BCUT2D eigenvalue weighted by atomic mass is 9.90. The van der Waals surface area contributed by atoms with Crippen LogP contribution in [0.3, 0.4) is 0 Å². The SMILES string of the molecule is C=CCN(C)C1(O)CCN2CCC(O)C(O)C21. The number of rotatable bonds is 3. The van der Waals surface area contributed by atoms with E-state index in [1.807, 2.05) is 7.05 Å². The van der Waals surface area contributed by atoms with Gasteiger partial charge < -0.3 is 15.3 Å². The molecule has 5 nitrogen and oxygen atoms in total. The number of nitrogens with zero attached hydrogens (tertiary/aromatic N) is 2. The van der Waals surface area contributed by atoms with E-state index in [-0.39, 0.29) is 0 Å². The molecule has 5 heteroatoms. The number of piperidine rings is 1. The number of aliphatic hydroxyl groups is 3. The zero-order valence-corrected chi connectivity index (χ0v) is 10.3. The molecule has 0 amide bonds. The molecule has 2 aliphatic heterocycles. The fourth-order valence-electron chi connectivity index (χ4n) is 3.08. The van der Waals surface area contributed by atoms with Crippen LogP contribution < -0.4 is 0 Å². The highest BCUT2D eigenvalue weighted by molar-refractivity contribution is 5.06. The summed E-state index contributed by atoms with van der Waals surface area (Å²) in [5, 5.41) is 30.6. The van der Waals surface area contributed by atoms with E-state index < -0.39 is 24.0 Å². The molecule has 0 aliphatic carbocycles. The van der Waals surface area contributed by atoms with Crippen LogP contribution in [-0.2, 0) is 0 Å². The second-order valence-corrected chi connectivity index (χ2v) is 5.13. The van der Waals surface area contributed by atoms with Crippen molar-refractivity contribution in [3.63, 3.8) is 0 Å². The van der Waals surface area contributed by atoms with Crippen LogP contribution in [0.5, 0.6) is 0 Å². The monoisotopic (exact) mass is 242 g/mol. The van der Waals surface area contributed by atoms with Crippen LogP contribution >= 0.6 is 0 Å². The fourth-order valence-corrected chi connectivity index (χ4v) is 3.08. The van der Waals surface area contributed by atoms with E-state index in [0.29, 0.717) is 19.4 Å². The Morgan fingerprint density at radius 1 is 1.47 bits per heavy atom. The number of fused-ring (bicyclic) bond motifs is 1. The number of aliphatic hydroxyl groups excluding tert-OH is 2. The van der Waals surface area contributed by atoms with Crippen LogP contribution in [0.4, 0.5) is 0 Å². The van der Waals surface area contributed by atoms with E-state index in [0.717, 1.165) is 13.1 Å². The van der Waals surface area contributed by atoms with Gasteiger partial charge in [-0.25, -0.2) is 0 Å². The average molecular weight is 242 g/mol. The molecule has 2 aliphatic rings. The van der Waals surface area contributed by atoms with Gasteiger partial charge in [0.05, 0.1) is 18.2 Å². The summed E-state index contributed by atoms with van der Waals surface area (Å²) in [6, 6.07) is -0.406. The number of hydrogen-bond donors (Lipinski definition) is 3. The Kier molecular flexibility index (Phi) is 3.56. The zero-order valence-electron chi connectivity index (χ0n) is 10.3. The van der Waals surface area contributed by atoms with E-state index in [4.69, 9.17) is 0 Å². The molecule has 0 saturated carbocycles. The van der Waals surface area contributed by atoms with Gasteiger partial charge in [0.25, 0.3) is 0 Å². The summed E-state index contributed by atoms with van der Waals surface area (Å²) in [4.78, 5) is 3.86. The Morgan fingerprint density at radius 3 is 2.82 bits per heavy atom. The van der Waals surface area contributed by atoms with Crippen LogP contribution in [0, 0.1) is 0 Å². The van der Waals surface area contributed by atoms with E-state index in [9.17, 15) is 15.3 Å². The van der Waals surface area contributed by atoms with Crippen molar-refractivity contribution in [3.8, 4) is 0 Å². The quantitative estimate of drug-likeness (QED) is 0.437. The van der Waals surface area contributed by atoms with Crippen molar-refractivity contribution >= 4 is 0 Å². The van der Waals surface area contributed by atoms with Crippen molar-refractivity contribution in [2.45, 2.75) is 36.8 Å². The van der Waals surface area contributed by atoms with Gasteiger partial charge in [0.1, 0.15) is 5.72 Å². The van der Waals surface area contributed by atoms with Gasteiger partial charge in [-0.2, -0.15) is 0 Å². The molecule has 0 aromatic rings. The third kappa shape index (κ3) is 2.02. The molecule has 0 aromatic carbocycles. The van der Waals surface area contributed by atoms with Gasteiger partial charge in [0.2, 0.25) is 0 Å². The Hall–Kier alpha value is -0.460. The Labute approximate surface area is 102 Å². The van der Waals surface area contributed by atoms with Crippen LogP contribution in [0.15, 0.2) is 12.7 Å². The molecule has 0 bridgehead atoms. The van der Waals surface area contributed by atoms with Crippen LogP contribution in [-0.4, -0.2) is 75.8 Å². The topological polar surface area (TPSA) is 67.2 Å². The first-order chi connectivity index (χ1) is 8.00. The van der Waals surface area contributed by atoms with Crippen molar-refractivity contribution in [1.29, 1.82) is 0 Å². The van der Waals surface area contributed by atoms with Gasteiger partial charge in [-0.1, -0.05) is 6.08 Å². The summed E-state index contributed by atoms with van der Waals surface area (Å²) in [5.74, 6) is 0. The van der Waals surface area contributed by atoms with Crippen molar-refractivity contribution in [2.75, 3.05) is 26.7 Å². The molecule has 0 radical (unpaired) electrons. The second kappa shape index (κ2) is 4.66. The maximum absolute atomic E-state index is 10.7. The maximum Gasteiger partial charge on any atom is 0.138 e. The molecule has 2 fully saturated rings. The summed E-state index contributed by atoms with van der Waals surface area (Å²) >= 11 is 0. The normalized spacial score (nSPS) is 42.8. The van der Waals surface area contributed by atoms with E-state index >= 15 is 0 Å². The molecule has 17 heavy (non-hydrogen) atoms. The molecular formula is C12H22N2O3. The minimum atomic E-state index is -1.07. The summed E-state index contributed by atoms with van der Waals surface area (Å²) in [7, 11) is 1.82. The van der Waals surface area contributed by atoms with E-state index in [2.05, 4.69) is 11.5 Å². The molecule has 2 heterocycles. The lowest BCUT2D eigenvalue weighted by Gasteiger charge is -2.46. The predicted octanol–water partition coefficient (Wildman–Crippen LogP) is -1.01. The van der Waals surface area contributed by atoms with Crippen LogP contribution in [0.2, 0.25) is 0 Å². The molecule has 2 rings (SSSR count). The lowest BCUT2D eigenvalue weighted by molar-refractivity contribution is -0.171. The summed E-state index contributed by atoms with van der Waals surface area (Å²) in [5.41, 5.74) is -1.07. The van der Waals surface area contributed by atoms with Gasteiger partial charge >= 0.3 is 0 Å². The minimum Gasteiger partial charge on any atom is -0.390 e. The molecular weight excluding hydrogens is 220 g/mol. The largest absolute Gasteiger partial charge is 0.390 e. The molecule has 3 N–H and O–H groups in total. The Morgan fingerprint density at radius 2 is 2.18 bits per heavy atom. The lowest BCUT2D eigenvalue weighted by Crippen LogP contribution is -2.64. The highest BCUT2D eigenvalue weighted by Crippen LogP contribution is 2.37. The third-order valence-electron chi connectivity index (χ3n) is 4.13. The first-order valence-corrected chi connectivity index (χ1v) is 6.15. The molecule has 2 saturated heterocycles. The van der Waals surface area contributed by atoms with Gasteiger partial charge in [-0.15, -0.1) is 6.58 Å². The van der Waals surface area contributed by atoms with Crippen molar-refractivity contribution in [3.05, 3.63) is 12.7 Å². The molecule has 4 unspecified atom stereocenters. The predicted molar refractivity (Wildman–Crippen MR) is 64.4 cm³/mol. The number of hydrogen-bond acceptors (Lipinski definition) is 5. The smallest absolute Gasteiger partial charge is 0.138 e. The summed E-state index contributed by atoms with van der Waals surface area (Å²) in [6.45, 7) is 5.71. The highest BCUT2D eigenvalue weighted by atomic mass is 16.3. The van der Waals surface area contributed by atoms with Crippen molar-refractivity contribution in [1.82, 2.24) is 9.80 Å². The highest BCUT2D eigenvalue weighted by Gasteiger charge is 2.54. The van der Waals surface area contributed by atoms with Gasteiger partial charge in [0, 0.05) is 26.1 Å². The van der Waals surface area contributed by atoms with Crippen LogP contribution in [0.1, 0.15) is 12.8 Å².